The monoisotopic (exact) mass is 273 g/mol. The van der Waals surface area contributed by atoms with Crippen molar-refractivity contribution < 1.29 is 9.84 Å². The van der Waals surface area contributed by atoms with Crippen LogP contribution in [0.15, 0.2) is 36.4 Å². The van der Waals surface area contributed by atoms with E-state index in [4.69, 9.17) is 4.74 Å². The van der Waals surface area contributed by atoms with Crippen molar-refractivity contribution in [3.8, 4) is 5.75 Å². The van der Waals surface area contributed by atoms with Crippen molar-refractivity contribution in [1.82, 2.24) is 5.32 Å². The summed E-state index contributed by atoms with van der Waals surface area (Å²) in [4.78, 5) is 0. The number of rotatable bonds is 5. The zero-order valence-corrected chi connectivity index (χ0v) is 12.6. The van der Waals surface area contributed by atoms with E-state index in [1.54, 1.807) is 6.92 Å². The minimum Gasteiger partial charge on any atom is -0.487 e. The number of benzene rings is 2. The lowest BCUT2D eigenvalue weighted by atomic mass is 10.0. The van der Waals surface area contributed by atoms with Gasteiger partial charge in [-0.2, -0.15) is 0 Å². The Balaban J connectivity index is 2.55. The van der Waals surface area contributed by atoms with Crippen LogP contribution in [0.5, 0.6) is 5.75 Å². The molecule has 0 bridgehead atoms. The molecule has 0 fully saturated rings. The van der Waals surface area contributed by atoms with Gasteiger partial charge in [0.15, 0.2) is 0 Å². The molecule has 0 saturated heterocycles. The maximum atomic E-state index is 9.70. The second-order valence-electron chi connectivity index (χ2n) is 5.28. The van der Waals surface area contributed by atoms with Crippen molar-refractivity contribution in [1.29, 1.82) is 0 Å². The Labute approximate surface area is 120 Å². The molecule has 2 aromatic carbocycles. The lowest BCUT2D eigenvalue weighted by Crippen LogP contribution is -2.26. The van der Waals surface area contributed by atoms with Gasteiger partial charge in [-0.15, -0.1) is 0 Å². The largest absolute Gasteiger partial charge is 0.487 e. The summed E-state index contributed by atoms with van der Waals surface area (Å²) in [5, 5.41) is 15.2. The maximum Gasteiger partial charge on any atom is 0.132 e. The van der Waals surface area contributed by atoms with E-state index in [9.17, 15) is 5.11 Å². The molecule has 0 aliphatic rings. The standard InChI is InChI=1S/C17H23NO2/c1-11(18-4)15-10-9-14-7-5-6-8-16(14)17(15)20-13(3)12(2)19/h5-13,18-19H,1-4H3. The van der Waals surface area contributed by atoms with Gasteiger partial charge in [0.25, 0.3) is 0 Å². The van der Waals surface area contributed by atoms with Gasteiger partial charge >= 0.3 is 0 Å². The topological polar surface area (TPSA) is 41.5 Å². The number of nitrogens with one attached hydrogen (secondary N) is 1. The van der Waals surface area contributed by atoms with Crippen LogP contribution in [0.3, 0.4) is 0 Å². The quantitative estimate of drug-likeness (QED) is 0.878. The van der Waals surface area contributed by atoms with Crippen LogP contribution < -0.4 is 10.1 Å². The molecule has 0 aliphatic heterocycles. The second-order valence-corrected chi connectivity index (χ2v) is 5.28. The zero-order valence-electron chi connectivity index (χ0n) is 12.6. The van der Waals surface area contributed by atoms with E-state index in [1.807, 2.05) is 26.1 Å². The Hall–Kier alpha value is -1.58. The van der Waals surface area contributed by atoms with Gasteiger partial charge in [-0.25, -0.2) is 0 Å². The van der Waals surface area contributed by atoms with E-state index in [0.717, 1.165) is 22.1 Å². The van der Waals surface area contributed by atoms with Crippen LogP contribution >= 0.6 is 0 Å². The predicted molar refractivity (Wildman–Crippen MR) is 83.2 cm³/mol. The fourth-order valence-electron chi connectivity index (χ4n) is 2.17. The summed E-state index contributed by atoms with van der Waals surface area (Å²) in [5.74, 6) is 0.860. The molecule has 2 aromatic rings. The molecular formula is C17H23NO2. The average Bonchev–Trinajstić information content (AvgIpc) is 2.46. The first kappa shape index (κ1) is 14.8. The number of hydrogen-bond donors (Lipinski definition) is 2. The summed E-state index contributed by atoms with van der Waals surface area (Å²) in [5.41, 5.74) is 1.11. The molecule has 0 saturated carbocycles. The van der Waals surface area contributed by atoms with Crippen LogP contribution in [-0.2, 0) is 0 Å². The average molecular weight is 273 g/mol. The van der Waals surface area contributed by atoms with Gasteiger partial charge in [-0.05, 0) is 33.2 Å². The van der Waals surface area contributed by atoms with Crippen molar-refractivity contribution >= 4 is 10.8 Å². The molecule has 3 atom stereocenters. The normalized spacial score (nSPS) is 15.8. The first-order valence-electron chi connectivity index (χ1n) is 7.08. The molecule has 2 N–H and O–H groups in total. The van der Waals surface area contributed by atoms with Gasteiger partial charge in [-0.1, -0.05) is 36.4 Å². The van der Waals surface area contributed by atoms with Gasteiger partial charge in [0.2, 0.25) is 0 Å². The molecular weight excluding hydrogens is 250 g/mol. The summed E-state index contributed by atoms with van der Waals surface area (Å²) in [6, 6.07) is 12.6. The van der Waals surface area contributed by atoms with Crippen molar-refractivity contribution in [2.75, 3.05) is 7.05 Å². The number of aliphatic hydroxyl groups excluding tert-OH is 1. The fraction of sp³-hybridized carbons (Fsp3) is 0.412. The summed E-state index contributed by atoms with van der Waals surface area (Å²) in [6.45, 7) is 5.74. The molecule has 0 aromatic heterocycles. The van der Waals surface area contributed by atoms with Crippen LogP contribution in [0.2, 0.25) is 0 Å². The maximum absolute atomic E-state index is 9.70. The van der Waals surface area contributed by atoms with E-state index < -0.39 is 6.10 Å². The molecule has 3 heteroatoms. The molecule has 0 radical (unpaired) electrons. The van der Waals surface area contributed by atoms with Crippen LogP contribution in [0.25, 0.3) is 10.8 Å². The minimum absolute atomic E-state index is 0.191. The van der Waals surface area contributed by atoms with Gasteiger partial charge < -0.3 is 15.2 Å². The van der Waals surface area contributed by atoms with Crippen molar-refractivity contribution in [2.45, 2.75) is 39.0 Å². The highest BCUT2D eigenvalue weighted by atomic mass is 16.5. The SMILES string of the molecule is CNC(C)c1ccc2ccccc2c1OC(C)C(C)O. The lowest BCUT2D eigenvalue weighted by molar-refractivity contribution is 0.0606. The van der Waals surface area contributed by atoms with E-state index >= 15 is 0 Å². The van der Waals surface area contributed by atoms with E-state index in [2.05, 4.69) is 36.5 Å². The molecule has 3 unspecified atom stereocenters. The summed E-state index contributed by atoms with van der Waals surface area (Å²) < 4.78 is 6.05. The summed E-state index contributed by atoms with van der Waals surface area (Å²) >= 11 is 0. The molecule has 2 rings (SSSR count). The Morgan fingerprint density at radius 1 is 1.05 bits per heavy atom. The van der Waals surface area contributed by atoms with Gasteiger partial charge in [-0.3, -0.25) is 0 Å². The van der Waals surface area contributed by atoms with Crippen LogP contribution in [0, 0.1) is 0 Å². The third-order valence-corrected chi connectivity index (χ3v) is 3.79. The zero-order chi connectivity index (χ0) is 14.7. The van der Waals surface area contributed by atoms with Crippen LogP contribution in [0.4, 0.5) is 0 Å². The summed E-state index contributed by atoms with van der Waals surface area (Å²) in [7, 11) is 1.93. The highest BCUT2D eigenvalue weighted by molar-refractivity contribution is 5.89. The highest BCUT2D eigenvalue weighted by Crippen LogP contribution is 2.34. The van der Waals surface area contributed by atoms with Crippen molar-refractivity contribution in [2.24, 2.45) is 0 Å². The number of fused-ring (bicyclic) bond motifs is 1. The Morgan fingerprint density at radius 3 is 2.40 bits per heavy atom. The third-order valence-electron chi connectivity index (χ3n) is 3.79. The molecule has 0 aliphatic carbocycles. The smallest absolute Gasteiger partial charge is 0.132 e. The van der Waals surface area contributed by atoms with E-state index in [-0.39, 0.29) is 12.1 Å². The highest BCUT2D eigenvalue weighted by Gasteiger charge is 2.18. The molecule has 20 heavy (non-hydrogen) atoms. The van der Waals surface area contributed by atoms with Crippen LogP contribution in [0.1, 0.15) is 32.4 Å². The Bertz CT molecular complexity index is 580. The molecule has 0 heterocycles. The minimum atomic E-state index is -0.508. The number of ether oxygens (including phenoxy) is 1. The van der Waals surface area contributed by atoms with Crippen molar-refractivity contribution in [3.05, 3.63) is 42.0 Å². The Morgan fingerprint density at radius 2 is 1.75 bits per heavy atom. The predicted octanol–water partition coefficient (Wildman–Crippen LogP) is 3.27. The van der Waals surface area contributed by atoms with Crippen LogP contribution in [-0.4, -0.2) is 24.4 Å². The molecule has 3 nitrogen and oxygen atoms in total. The van der Waals surface area contributed by atoms with Gasteiger partial charge in [0, 0.05) is 17.0 Å². The molecule has 0 amide bonds. The number of hydrogen-bond acceptors (Lipinski definition) is 3. The Kier molecular flexibility index (Phi) is 4.63. The lowest BCUT2D eigenvalue weighted by Gasteiger charge is -2.23. The van der Waals surface area contributed by atoms with E-state index in [1.165, 1.54) is 0 Å². The van der Waals surface area contributed by atoms with E-state index in [0.29, 0.717) is 0 Å². The van der Waals surface area contributed by atoms with Gasteiger partial charge in [0.1, 0.15) is 11.9 Å². The molecule has 0 spiro atoms. The summed E-state index contributed by atoms with van der Waals surface area (Å²) in [6.07, 6.45) is -0.754. The fourth-order valence-corrected chi connectivity index (χ4v) is 2.17. The molecule has 108 valence electrons. The first-order chi connectivity index (χ1) is 9.54. The number of aliphatic hydroxyl groups is 1. The van der Waals surface area contributed by atoms with Crippen molar-refractivity contribution in [3.63, 3.8) is 0 Å². The first-order valence-corrected chi connectivity index (χ1v) is 7.08. The third kappa shape index (κ3) is 2.94. The van der Waals surface area contributed by atoms with Gasteiger partial charge in [0.05, 0.1) is 6.10 Å². The second kappa shape index (κ2) is 6.25.